The minimum Gasteiger partial charge on any atom is -0.497 e. The van der Waals surface area contributed by atoms with E-state index < -0.39 is 0 Å². The molecule has 2 N–H and O–H groups in total. The van der Waals surface area contributed by atoms with Crippen molar-refractivity contribution in [3.8, 4) is 5.75 Å². The number of nitrogens with one attached hydrogen (secondary N) is 2. The molecule has 37 heavy (non-hydrogen) atoms. The Morgan fingerprint density at radius 3 is 2.73 bits per heavy atom. The van der Waals surface area contributed by atoms with Gasteiger partial charge in [0.2, 0.25) is 5.91 Å². The van der Waals surface area contributed by atoms with Gasteiger partial charge in [-0.15, -0.1) is 5.10 Å². The van der Waals surface area contributed by atoms with Gasteiger partial charge in [-0.25, -0.2) is 9.97 Å². The van der Waals surface area contributed by atoms with Crippen LogP contribution in [0.15, 0.2) is 53.7 Å². The highest BCUT2D eigenvalue weighted by molar-refractivity contribution is 8.00. The highest BCUT2D eigenvalue weighted by Gasteiger charge is 2.23. The molecule has 190 valence electrons. The van der Waals surface area contributed by atoms with Crippen molar-refractivity contribution in [3.63, 3.8) is 0 Å². The number of carbonyl (C=O) groups excluding carboxylic acids is 1. The highest BCUT2D eigenvalue weighted by Crippen LogP contribution is 2.29. The molecule has 0 aliphatic heterocycles. The molecule has 0 aliphatic carbocycles. The molecule has 5 rings (SSSR count). The highest BCUT2D eigenvalue weighted by atomic mass is 32.2. The van der Waals surface area contributed by atoms with Gasteiger partial charge in [0.15, 0.2) is 16.6 Å². The fourth-order valence-electron chi connectivity index (χ4n) is 4.31. The molecule has 1 atom stereocenters. The summed E-state index contributed by atoms with van der Waals surface area (Å²) in [7, 11) is 1.60. The van der Waals surface area contributed by atoms with Crippen molar-refractivity contribution in [2.45, 2.75) is 50.4 Å². The van der Waals surface area contributed by atoms with Crippen molar-refractivity contribution in [1.29, 1.82) is 0 Å². The molecule has 3 aromatic heterocycles. The molecule has 0 unspecified atom stereocenters. The third-order valence-corrected chi connectivity index (χ3v) is 7.63. The Morgan fingerprint density at radius 1 is 1.14 bits per heavy atom. The number of aromatic amines is 1. The number of carbonyl (C=O) groups is 1. The molecule has 5 aromatic rings. The van der Waals surface area contributed by atoms with Crippen LogP contribution in [0.3, 0.4) is 0 Å². The van der Waals surface area contributed by atoms with Crippen molar-refractivity contribution >= 4 is 39.9 Å². The van der Waals surface area contributed by atoms with E-state index in [9.17, 15) is 4.79 Å². The molecule has 9 nitrogen and oxygen atoms in total. The maximum Gasteiger partial charge on any atom is 0.237 e. The fourth-order valence-corrected chi connectivity index (χ4v) is 5.27. The van der Waals surface area contributed by atoms with Crippen LogP contribution in [-0.4, -0.2) is 48.0 Å². The van der Waals surface area contributed by atoms with Gasteiger partial charge in [0.1, 0.15) is 5.75 Å². The van der Waals surface area contributed by atoms with Gasteiger partial charge in [-0.05, 0) is 56.5 Å². The first kappa shape index (κ1) is 24.8. The topological polar surface area (TPSA) is 110 Å². The lowest BCUT2D eigenvalue weighted by molar-refractivity contribution is -0.115. The lowest BCUT2D eigenvalue weighted by atomic mass is 10.1. The Labute approximate surface area is 219 Å². The van der Waals surface area contributed by atoms with Crippen molar-refractivity contribution in [1.82, 2.24) is 29.8 Å². The fraction of sp³-hybridized carbons (Fsp3) is 0.296. The summed E-state index contributed by atoms with van der Waals surface area (Å²) in [5.74, 6) is 1.32. The predicted molar refractivity (Wildman–Crippen MR) is 145 cm³/mol. The first-order valence-electron chi connectivity index (χ1n) is 12.2. The Balaban J connectivity index is 1.45. The maximum absolute atomic E-state index is 13.2. The number of hydrogen-bond donors (Lipinski definition) is 2. The van der Waals surface area contributed by atoms with Crippen LogP contribution >= 0.6 is 11.8 Å². The number of para-hydroxylation sites is 1. The lowest BCUT2D eigenvalue weighted by Gasteiger charge is -2.15. The van der Waals surface area contributed by atoms with Crippen LogP contribution in [0.4, 0.5) is 5.69 Å². The molecule has 0 fully saturated rings. The van der Waals surface area contributed by atoms with Crippen molar-refractivity contribution in [2.75, 3.05) is 12.4 Å². The molecule has 3 heterocycles. The second kappa shape index (κ2) is 10.6. The number of hydrogen-bond acceptors (Lipinski definition) is 7. The Kier molecular flexibility index (Phi) is 7.09. The van der Waals surface area contributed by atoms with Crippen LogP contribution in [-0.2, 0) is 17.6 Å². The number of thioether (sulfide) groups is 1. The molecule has 1 amide bonds. The SMILES string of the molecule is CC[C@@H](Sc1nc2ccccc2c2nc(CCc3c(C)n[nH]c3C)nn12)C(=O)Nc1cccc(OC)c1. The van der Waals surface area contributed by atoms with E-state index in [4.69, 9.17) is 19.8 Å². The molecule has 0 saturated carbocycles. The molecule has 0 aliphatic rings. The van der Waals surface area contributed by atoms with Gasteiger partial charge in [0, 0.05) is 29.3 Å². The Morgan fingerprint density at radius 2 is 1.97 bits per heavy atom. The number of fused-ring (bicyclic) bond motifs is 3. The number of anilines is 1. The zero-order valence-corrected chi connectivity index (χ0v) is 22.1. The van der Waals surface area contributed by atoms with E-state index in [1.807, 2.05) is 63.2 Å². The molecular weight excluding hydrogens is 486 g/mol. The van der Waals surface area contributed by atoms with Gasteiger partial charge >= 0.3 is 0 Å². The Hall–Kier alpha value is -3.92. The van der Waals surface area contributed by atoms with Crippen molar-refractivity contribution < 1.29 is 9.53 Å². The van der Waals surface area contributed by atoms with E-state index in [1.165, 1.54) is 17.3 Å². The van der Waals surface area contributed by atoms with Crippen LogP contribution in [0.5, 0.6) is 5.75 Å². The van der Waals surface area contributed by atoms with Crippen LogP contribution in [0.2, 0.25) is 0 Å². The number of benzene rings is 2. The largest absolute Gasteiger partial charge is 0.497 e. The monoisotopic (exact) mass is 515 g/mol. The smallest absolute Gasteiger partial charge is 0.237 e. The van der Waals surface area contributed by atoms with Crippen LogP contribution in [0.1, 0.15) is 36.1 Å². The number of ether oxygens (including phenoxy) is 1. The summed E-state index contributed by atoms with van der Waals surface area (Å²) >= 11 is 1.40. The Bertz CT molecular complexity index is 1560. The quantitative estimate of drug-likeness (QED) is 0.212. The predicted octanol–water partition coefficient (Wildman–Crippen LogP) is 4.92. The number of aromatic nitrogens is 6. The molecule has 2 aromatic carbocycles. The van der Waals surface area contributed by atoms with Gasteiger partial charge in [0.05, 0.1) is 23.6 Å². The van der Waals surface area contributed by atoms with E-state index in [-0.39, 0.29) is 11.2 Å². The average molecular weight is 516 g/mol. The standard InChI is InChI=1S/C27H29N7O2S/c1-5-23(26(35)28-18-9-8-10-19(15-18)36-4)37-27-29-22-12-7-6-11-21(22)25-30-24(33-34(25)27)14-13-20-16(2)31-32-17(20)3/h6-12,15,23H,5,13-14H2,1-4H3,(H,28,35)(H,31,32)/t23-/m1/s1. The van der Waals surface area contributed by atoms with Gasteiger partial charge in [-0.1, -0.05) is 36.9 Å². The summed E-state index contributed by atoms with van der Waals surface area (Å²) in [6, 6.07) is 15.2. The average Bonchev–Trinajstić information content (AvgIpc) is 3.48. The summed E-state index contributed by atoms with van der Waals surface area (Å²) in [6.45, 7) is 6.02. The van der Waals surface area contributed by atoms with E-state index >= 15 is 0 Å². The van der Waals surface area contributed by atoms with E-state index in [0.717, 1.165) is 40.2 Å². The summed E-state index contributed by atoms with van der Waals surface area (Å²) in [5, 5.41) is 16.4. The van der Waals surface area contributed by atoms with Gasteiger partial charge < -0.3 is 10.1 Å². The summed E-state index contributed by atoms with van der Waals surface area (Å²) in [6.07, 6.45) is 2.09. The van der Waals surface area contributed by atoms with Crippen LogP contribution < -0.4 is 10.1 Å². The maximum atomic E-state index is 13.2. The second-order valence-corrected chi connectivity index (χ2v) is 9.99. The number of methoxy groups -OCH3 is 1. The first-order chi connectivity index (χ1) is 18.0. The lowest BCUT2D eigenvalue weighted by Crippen LogP contribution is -2.25. The summed E-state index contributed by atoms with van der Waals surface area (Å²) < 4.78 is 7.05. The van der Waals surface area contributed by atoms with Gasteiger partial charge in [0.25, 0.3) is 0 Å². The first-order valence-corrected chi connectivity index (χ1v) is 13.1. The van der Waals surface area contributed by atoms with Gasteiger partial charge in [-0.3, -0.25) is 9.89 Å². The minimum atomic E-state index is -0.369. The van der Waals surface area contributed by atoms with Gasteiger partial charge in [-0.2, -0.15) is 9.61 Å². The molecular formula is C27H29N7O2S. The zero-order valence-electron chi connectivity index (χ0n) is 21.3. The number of nitrogens with zero attached hydrogens (tertiary/aromatic N) is 5. The van der Waals surface area contributed by atoms with Crippen molar-refractivity contribution in [3.05, 3.63) is 71.3 Å². The second-order valence-electron chi connectivity index (χ2n) is 8.82. The number of aryl methyl sites for hydroxylation is 3. The molecule has 0 saturated heterocycles. The zero-order chi connectivity index (χ0) is 25.9. The van der Waals surface area contributed by atoms with Crippen molar-refractivity contribution in [2.24, 2.45) is 0 Å². The molecule has 0 spiro atoms. The molecule has 10 heteroatoms. The summed E-state index contributed by atoms with van der Waals surface area (Å²) in [5.41, 5.74) is 5.51. The van der Waals surface area contributed by atoms with E-state index in [0.29, 0.717) is 29.4 Å². The van der Waals surface area contributed by atoms with E-state index in [1.54, 1.807) is 17.7 Å². The molecule has 0 bridgehead atoms. The third kappa shape index (κ3) is 5.15. The summed E-state index contributed by atoms with van der Waals surface area (Å²) in [4.78, 5) is 22.9. The minimum absolute atomic E-state index is 0.102. The van der Waals surface area contributed by atoms with Crippen LogP contribution in [0.25, 0.3) is 16.6 Å². The van der Waals surface area contributed by atoms with Crippen LogP contribution in [0, 0.1) is 13.8 Å². The number of rotatable bonds is 9. The van der Waals surface area contributed by atoms with E-state index in [2.05, 4.69) is 15.5 Å². The normalized spacial score (nSPS) is 12.2. The third-order valence-electron chi connectivity index (χ3n) is 6.32. The number of H-pyrrole nitrogens is 1. The molecule has 0 radical (unpaired) electrons. The number of amides is 1.